The lowest BCUT2D eigenvalue weighted by Crippen LogP contribution is -2.31. The van der Waals surface area contributed by atoms with Gasteiger partial charge in [-0.25, -0.2) is 8.42 Å². The maximum absolute atomic E-state index is 11.8. The van der Waals surface area contributed by atoms with Gasteiger partial charge in [0.2, 0.25) is 10.0 Å². The summed E-state index contributed by atoms with van der Waals surface area (Å²) in [5.74, 6) is 2.26. The number of rotatable bonds is 3. The SMILES string of the molecule is C#CC(C)NS(=O)(=O)c1cc(Cl)ccc1Cl. The van der Waals surface area contributed by atoms with Gasteiger partial charge >= 0.3 is 0 Å². The average molecular weight is 278 g/mol. The van der Waals surface area contributed by atoms with E-state index in [0.29, 0.717) is 0 Å². The second-order valence-electron chi connectivity index (χ2n) is 3.08. The Morgan fingerprint density at radius 1 is 1.44 bits per heavy atom. The first-order valence-electron chi connectivity index (χ1n) is 4.30. The lowest BCUT2D eigenvalue weighted by molar-refractivity contribution is 0.578. The quantitative estimate of drug-likeness (QED) is 0.862. The fourth-order valence-electron chi connectivity index (χ4n) is 1.01. The molecule has 0 aliphatic heterocycles. The van der Waals surface area contributed by atoms with Crippen molar-refractivity contribution in [2.24, 2.45) is 0 Å². The van der Waals surface area contributed by atoms with Gasteiger partial charge < -0.3 is 0 Å². The highest BCUT2D eigenvalue weighted by molar-refractivity contribution is 7.89. The number of sulfonamides is 1. The molecule has 0 heterocycles. The molecule has 1 atom stereocenters. The summed E-state index contributed by atoms with van der Waals surface area (Å²) in [6, 6.07) is 3.59. The van der Waals surface area contributed by atoms with Gasteiger partial charge in [-0.3, -0.25) is 0 Å². The summed E-state index contributed by atoms with van der Waals surface area (Å²) < 4.78 is 25.9. The molecule has 0 amide bonds. The Hall–Kier alpha value is -0.730. The molecule has 1 rings (SSSR count). The van der Waals surface area contributed by atoms with E-state index in [1.165, 1.54) is 18.2 Å². The van der Waals surface area contributed by atoms with Crippen molar-refractivity contribution in [3.05, 3.63) is 28.2 Å². The summed E-state index contributed by atoms with van der Waals surface area (Å²) >= 11 is 11.5. The molecule has 0 fully saturated rings. The van der Waals surface area contributed by atoms with E-state index in [1.54, 1.807) is 6.92 Å². The Balaban J connectivity index is 3.18. The smallest absolute Gasteiger partial charge is 0.207 e. The summed E-state index contributed by atoms with van der Waals surface area (Å²) in [5, 5.41) is 0.388. The van der Waals surface area contributed by atoms with Gasteiger partial charge in [-0.2, -0.15) is 4.72 Å². The van der Waals surface area contributed by atoms with Crippen LogP contribution in [0, 0.1) is 12.3 Å². The van der Waals surface area contributed by atoms with Gasteiger partial charge in [0.25, 0.3) is 0 Å². The first-order valence-corrected chi connectivity index (χ1v) is 6.54. The minimum absolute atomic E-state index is 0.0798. The van der Waals surface area contributed by atoms with Crippen molar-refractivity contribution >= 4 is 33.2 Å². The zero-order valence-corrected chi connectivity index (χ0v) is 10.7. The standard InChI is InChI=1S/C10H9Cl2NO2S/c1-3-7(2)13-16(14,15)10-6-8(11)4-5-9(10)12/h1,4-7,13H,2H3. The molecular weight excluding hydrogens is 269 g/mol. The van der Waals surface area contributed by atoms with Crippen LogP contribution in [0.2, 0.25) is 10.0 Å². The maximum atomic E-state index is 11.8. The third-order valence-corrected chi connectivity index (χ3v) is 4.02. The third-order valence-electron chi connectivity index (χ3n) is 1.76. The average Bonchev–Trinajstić information content (AvgIpc) is 2.20. The summed E-state index contributed by atoms with van der Waals surface area (Å²) in [7, 11) is -3.73. The van der Waals surface area contributed by atoms with Crippen molar-refractivity contribution in [1.29, 1.82) is 0 Å². The molecule has 0 aliphatic carbocycles. The minimum atomic E-state index is -3.73. The topological polar surface area (TPSA) is 46.2 Å². The monoisotopic (exact) mass is 277 g/mol. The molecule has 1 aromatic carbocycles. The van der Waals surface area contributed by atoms with Crippen LogP contribution in [0.3, 0.4) is 0 Å². The number of hydrogen-bond acceptors (Lipinski definition) is 2. The first kappa shape index (κ1) is 13.3. The molecule has 3 nitrogen and oxygen atoms in total. The normalized spacial score (nSPS) is 13.1. The summed E-state index contributed by atoms with van der Waals surface area (Å²) in [6.45, 7) is 1.55. The molecule has 16 heavy (non-hydrogen) atoms. The Morgan fingerprint density at radius 2 is 2.06 bits per heavy atom. The second kappa shape index (κ2) is 5.07. The van der Waals surface area contributed by atoms with Crippen LogP contribution in [0.4, 0.5) is 0 Å². The van der Waals surface area contributed by atoms with Gasteiger partial charge in [-0.1, -0.05) is 29.1 Å². The molecule has 1 aromatic rings. The van der Waals surface area contributed by atoms with Crippen molar-refractivity contribution < 1.29 is 8.42 Å². The summed E-state index contributed by atoms with van der Waals surface area (Å²) in [5.41, 5.74) is 0. The van der Waals surface area contributed by atoms with Gasteiger partial charge in [0.15, 0.2) is 0 Å². The number of terminal acetylenes is 1. The molecule has 0 saturated heterocycles. The van der Waals surface area contributed by atoms with E-state index in [1.807, 2.05) is 0 Å². The Morgan fingerprint density at radius 3 is 2.62 bits per heavy atom. The van der Waals surface area contributed by atoms with E-state index in [-0.39, 0.29) is 14.9 Å². The third kappa shape index (κ3) is 3.13. The fourth-order valence-corrected chi connectivity index (χ4v) is 2.94. The van der Waals surface area contributed by atoms with Gasteiger partial charge in [-0.15, -0.1) is 6.42 Å². The molecule has 0 spiro atoms. The number of hydrogen-bond donors (Lipinski definition) is 1. The molecule has 0 aliphatic rings. The van der Waals surface area contributed by atoms with Crippen LogP contribution >= 0.6 is 23.2 Å². The minimum Gasteiger partial charge on any atom is -0.207 e. The first-order chi connectivity index (χ1) is 7.36. The van der Waals surface area contributed by atoms with E-state index in [4.69, 9.17) is 29.6 Å². The highest BCUT2D eigenvalue weighted by Crippen LogP contribution is 2.24. The molecule has 0 saturated carbocycles. The zero-order valence-electron chi connectivity index (χ0n) is 8.37. The number of benzene rings is 1. The second-order valence-corrected chi connectivity index (χ2v) is 5.61. The van der Waals surface area contributed by atoms with Crippen LogP contribution in [0.5, 0.6) is 0 Å². The van der Waals surface area contributed by atoms with Crippen LogP contribution in [0.1, 0.15) is 6.92 Å². The highest BCUT2D eigenvalue weighted by atomic mass is 35.5. The van der Waals surface area contributed by atoms with Gasteiger partial charge in [0.05, 0.1) is 11.1 Å². The number of nitrogens with one attached hydrogen (secondary N) is 1. The predicted molar refractivity (Wildman–Crippen MR) is 65.1 cm³/mol. The van der Waals surface area contributed by atoms with Crippen molar-refractivity contribution in [2.45, 2.75) is 17.9 Å². The lowest BCUT2D eigenvalue weighted by Gasteiger charge is -2.10. The summed E-state index contributed by atoms with van der Waals surface area (Å²) in [4.78, 5) is -0.0798. The van der Waals surface area contributed by atoms with E-state index in [0.717, 1.165) is 0 Å². The zero-order chi connectivity index (χ0) is 12.3. The molecule has 1 unspecified atom stereocenters. The van der Waals surface area contributed by atoms with Crippen LogP contribution in [-0.4, -0.2) is 14.5 Å². The van der Waals surface area contributed by atoms with Crippen molar-refractivity contribution in [3.8, 4) is 12.3 Å². The molecule has 6 heteroatoms. The maximum Gasteiger partial charge on any atom is 0.243 e. The molecule has 86 valence electrons. The van der Waals surface area contributed by atoms with Gasteiger partial charge in [0, 0.05) is 5.02 Å². The lowest BCUT2D eigenvalue weighted by atomic mass is 10.4. The predicted octanol–water partition coefficient (Wildman–Crippen LogP) is 2.29. The number of halogens is 2. The van der Waals surface area contributed by atoms with Crippen LogP contribution in [0.15, 0.2) is 23.1 Å². The molecule has 0 radical (unpaired) electrons. The van der Waals surface area contributed by atoms with Gasteiger partial charge in [0.1, 0.15) is 4.90 Å². The molecule has 0 bridgehead atoms. The van der Waals surface area contributed by atoms with Gasteiger partial charge in [-0.05, 0) is 25.1 Å². The molecular formula is C10H9Cl2NO2S. The van der Waals surface area contributed by atoms with Crippen molar-refractivity contribution in [2.75, 3.05) is 0 Å². The van der Waals surface area contributed by atoms with E-state index in [2.05, 4.69) is 10.6 Å². The van der Waals surface area contributed by atoms with E-state index >= 15 is 0 Å². The Labute approximate surface area is 105 Å². The Kier molecular flexibility index (Phi) is 4.22. The van der Waals surface area contributed by atoms with E-state index < -0.39 is 16.1 Å². The van der Waals surface area contributed by atoms with Crippen LogP contribution in [0.25, 0.3) is 0 Å². The fraction of sp³-hybridized carbons (Fsp3) is 0.200. The largest absolute Gasteiger partial charge is 0.243 e. The molecule has 1 N–H and O–H groups in total. The van der Waals surface area contributed by atoms with Crippen LogP contribution < -0.4 is 4.72 Å². The van der Waals surface area contributed by atoms with Crippen molar-refractivity contribution in [3.63, 3.8) is 0 Å². The molecule has 0 aromatic heterocycles. The Bertz CT molecular complexity index is 534. The van der Waals surface area contributed by atoms with Crippen molar-refractivity contribution in [1.82, 2.24) is 4.72 Å². The van der Waals surface area contributed by atoms with E-state index in [9.17, 15) is 8.42 Å². The van der Waals surface area contributed by atoms with Crippen LogP contribution in [-0.2, 0) is 10.0 Å². The summed E-state index contributed by atoms with van der Waals surface area (Å²) in [6.07, 6.45) is 5.09. The highest BCUT2D eigenvalue weighted by Gasteiger charge is 2.19.